The Hall–Kier alpha value is -1.27. The van der Waals surface area contributed by atoms with Gasteiger partial charge in [0.2, 0.25) is 10.0 Å². The van der Waals surface area contributed by atoms with Crippen LogP contribution in [0.5, 0.6) is 5.75 Å². The van der Waals surface area contributed by atoms with E-state index >= 15 is 0 Å². The van der Waals surface area contributed by atoms with E-state index in [4.69, 9.17) is 10.5 Å². The highest BCUT2D eigenvalue weighted by molar-refractivity contribution is 7.89. The lowest BCUT2D eigenvalue weighted by Crippen LogP contribution is -2.33. The van der Waals surface area contributed by atoms with Crippen LogP contribution in [0.3, 0.4) is 0 Å². The summed E-state index contributed by atoms with van der Waals surface area (Å²) in [5.74, 6) is 1.75. The number of nitrogen functional groups attached to an aromatic ring is 1. The van der Waals surface area contributed by atoms with E-state index in [2.05, 4.69) is 6.92 Å². The van der Waals surface area contributed by atoms with E-state index in [1.165, 1.54) is 4.31 Å². The van der Waals surface area contributed by atoms with Crippen molar-refractivity contribution in [3.63, 3.8) is 0 Å². The fourth-order valence-electron chi connectivity index (χ4n) is 2.12. The smallest absolute Gasteiger partial charge is 0.217 e. The zero-order valence-electron chi connectivity index (χ0n) is 12.0. The van der Waals surface area contributed by atoms with E-state index in [-0.39, 0.29) is 12.4 Å². The zero-order valence-corrected chi connectivity index (χ0v) is 12.8. The largest absolute Gasteiger partial charge is 0.492 e. The third kappa shape index (κ3) is 4.11. The van der Waals surface area contributed by atoms with Crippen LogP contribution < -0.4 is 10.5 Å². The number of nitrogens with two attached hydrogens (primary N) is 1. The van der Waals surface area contributed by atoms with Gasteiger partial charge in [-0.15, -0.1) is 0 Å². The topological polar surface area (TPSA) is 72.6 Å². The molecule has 2 rings (SSSR count). The fraction of sp³-hybridized carbons (Fsp3) is 0.571. The van der Waals surface area contributed by atoms with Crippen molar-refractivity contribution in [3.05, 3.63) is 24.3 Å². The molecule has 6 heteroatoms. The summed E-state index contributed by atoms with van der Waals surface area (Å²) < 4.78 is 31.0. The molecule has 0 bridgehead atoms. The van der Waals surface area contributed by atoms with Gasteiger partial charge < -0.3 is 10.5 Å². The van der Waals surface area contributed by atoms with Gasteiger partial charge in [-0.25, -0.2) is 12.7 Å². The average Bonchev–Trinajstić information content (AvgIpc) is 3.04. The van der Waals surface area contributed by atoms with E-state index in [1.54, 1.807) is 31.3 Å². The van der Waals surface area contributed by atoms with Gasteiger partial charge in [0.1, 0.15) is 12.4 Å². The molecule has 1 aromatic rings. The molecule has 0 saturated heterocycles. The van der Waals surface area contributed by atoms with Crippen LogP contribution in [0.25, 0.3) is 0 Å². The second-order valence-corrected chi connectivity index (χ2v) is 7.69. The Kier molecular flexibility index (Phi) is 4.55. The molecular formula is C14H22N2O3S. The second kappa shape index (κ2) is 6.01. The quantitative estimate of drug-likeness (QED) is 0.775. The Balaban J connectivity index is 1.80. The third-order valence-corrected chi connectivity index (χ3v) is 5.49. The number of sulfonamides is 1. The van der Waals surface area contributed by atoms with Crippen molar-refractivity contribution >= 4 is 15.7 Å². The van der Waals surface area contributed by atoms with Gasteiger partial charge in [0.15, 0.2) is 0 Å². The monoisotopic (exact) mass is 298 g/mol. The molecule has 1 aromatic carbocycles. The normalized spacial score (nSPS) is 21.9. The predicted molar refractivity (Wildman–Crippen MR) is 80.0 cm³/mol. The van der Waals surface area contributed by atoms with Crippen LogP contribution in [0.2, 0.25) is 0 Å². The van der Waals surface area contributed by atoms with Gasteiger partial charge in [-0.05, 0) is 30.4 Å². The highest BCUT2D eigenvalue weighted by atomic mass is 32.2. The molecule has 20 heavy (non-hydrogen) atoms. The molecular weight excluding hydrogens is 276 g/mol. The summed E-state index contributed by atoms with van der Waals surface area (Å²) in [6.45, 7) is 2.90. The molecule has 1 fully saturated rings. The van der Waals surface area contributed by atoms with Crippen molar-refractivity contribution in [1.82, 2.24) is 4.31 Å². The molecule has 1 aliphatic rings. The lowest BCUT2D eigenvalue weighted by atomic mass is 10.3. The highest BCUT2D eigenvalue weighted by Gasteiger charge is 2.35. The molecule has 0 heterocycles. The maximum Gasteiger partial charge on any atom is 0.217 e. The van der Waals surface area contributed by atoms with Crippen molar-refractivity contribution in [2.24, 2.45) is 11.8 Å². The molecule has 1 saturated carbocycles. The van der Waals surface area contributed by atoms with Gasteiger partial charge in [-0.1, -0.05) is 13.0 Å². The maximum atomic E-state index is 12.1. The van der Waals surface area contributed by atoms with E-state index < -0.39 is 10.0 Å². The number of nitrogens with zero attached hydrogens (tertiary/aromatic N) is 1. The lowest BCUT2D eigenvalue weighted by molar-refractivity contribution is 0.336. The van der Waals surface area contributed by atoms with Crippen LogP contribution in [0.1, 0.15) is 13.3 Å². The number of rotatable bonds is 7. The highest BCUT2D eigenvalue weighted by Crippen LogP contribution is 2.38. The molecule has 0 spiro atoms. The van der Waals surface area contributed by atoms with E-state index in [0.717, 1.165) is 6.42 Å². The molecule has 0 amide bonds. The molecule has 2 N–H and O–H groups in total. The zero-order chi connectivity index (χ0) is 14.8. The predicted octanol–water partition coefficient (Wildman–Crippen LogP) is 1.57. The summed E-state index contributed by atoms with van der Waals surface area (Å²) in [6.07, 6.45) is 1.12. The Bertz CT molecular complexity index is 559. The van der Waals surface area contributed by atoms with Gasteiger partial charge in [-0.3, -0.25) is 0 Å². The minimum atomic E-state index is -3.24. The molecule has 0 aromatic heterocycles. The molecule has 0 aliphatic heterocycles. The molecule has 0 radical (unpaired) electrons. The minimum absolute atomic E-state index is 0.0145. The lowest BCUT2D eigenvalue weighted by Gasteiger charge is -2.17. The minimum Gasteiger partial charge on any atom is -0.492 e. The van der Waals surface area contributed by atoms with Crippen LogP contribution >= 0.6 is 0 Å². The standard InChI is InChI=1S/C14H22N2O3S/c1-11-8-12(11)10-16(2)20(17,18)7-6-19-14-5-3-4-13(15)9-14/h3-5,9,11-12H,6-8,10,15H2,1-2H3. The molecule has 5 nitrogen and oxygen atoms in total. The SMILES string of the molecule is CC1CC1CN(C)S(=O)(=O)CCOc1cccc(N)c1. The van der Waals surface area contributed by atoms with E-state index in [1.807, 2.05) is 0 Å². The number of hydrogen-bond donors (Lipinski definition) is 1. The maximum absolute atomic E-state index is 12.1. The second-order valence-electron chi connectivity index (χ2n) is 5.49. The Labute approximate surface area is 120 Å². The van der Waals surface area contributed by atoms with Gasteiger partial charge in [0.05, 0.1) is 5.75 Å². The van der Waals surface area contributed by atoms with Crippen LogP contribution in [-0.2, 0) is 10.0 Å². The molecule has 2 atom stereocenters. The first-order valence-corrected chi connectivity index (χ1v) is 8.42. The van der Waals surface area contributed by atoms with Gasteiger partial charge in [-0.2, -0.15) is 0 Å². The first-order valence-electron chi connectivity index (χ1n) is 6.81. The Morgan fingerprint density at radius 3 is 2.75 bits per heavy atom. The molecule has 2 unspecified atom stereocenters. The van der Waals surface area contributed by atoms with Crippen molar-refractivity contribution in [3.8, 4) is 5.75 Å². The van der Waals surface area contributed by atoms with Crippen molar-refractivity contribution in [2.75, 3.05) is 31.7 Å². The summed E-state index contributed by atoms with van der Waals surface area (Å²) in [6, 6.07) is 6.98. The van der Waals surface area contributed by atoms with Gasteiger partial charge in [0.25, 0.3) is 0 Å². The number of benzene rings is 1. The molecule has 1 aliphatic carbocycles. The summed E-state index contributed by atoms with van der Waals surface area (Å²) in [5.41, 5.74) is 6.23. The Morgan fingerprint density at radius 2 is 2.15 bits per heavy atom. The van der Waals surface area contributed by atoms with Gasteiger partial charge >= 0.3 is 0 Å². The van der Waals surface area contributed by atoms with E-state index in [0.29, 0.717) is 29.8 Å². The van der Waals surface area contributed by atoms with Gasteiger partial charge in [0, 0.05) is 25.3 Å². The number of hydrogen-bond acceptors (Lipinski definition) is 4. The number of anilines is 1. The van der Waals surface area contributed by atoms with Crippen LogP contribution in [0, 0.1) is 11.8 Å². The van der Waals surface area contributed by atoms with Crippen molar-refractivity contribution < 1.29 is 13.2 Å². The molecule has 112 valence electrons. The fourth-order valence-corrected chi connectivity index (χ4v) is 3.15. The number of ether oxygens (including phenoxy) is 1. The van der Waals surface area contributed by atoms with Crippen LogP contribution in [0.4, 0.5) is 5.69 Å². The van der Waals surface area contributed by atoms with Crippen molar-refractivity contribution in [2.45, 2.75) is 13.3 Å². The Morgan fingerprint density at radius 1 is 1.45 bits per heavy atom. The van der Waals surface area contributed by atoms with E-state index in [9.17, 15) is 8.42 Å². The summed E-state index contributed by atoms with van der Waals surface area (Å²) in [5, 5.41) is 0. The average molecular weight is 298 g/mol. The van der Waals surface area contributed by atoms with Crippen LogP contribution in [-0.4, -0.2) is 38.7 Å². The first kappa shape index (κ1) is 15.1. The van der Waals surface area contributed by atoms with Crippen molar-refractivity contribution in [1.29, 1.82) is 0 Å². The summed E-state index contributed by atoms with van der Waals surface area (Å²) >= 11 is 0. The first-order chi connectivity index (χ1) is 9.38. The third-order valence-electron chi connectivity index (χ3n) is 3.71. The summed E-state index contributed by atoms with van der Waals surface area (Å²) in [7, 11) is -1.60. The summed E-state index contributed by atoms with van der Waals surface area (Å²) in [4.78, 5) is 0. The van der Waals surface area contributed by atoms with Crippen LogP contribution in [0.15, 0.2) is 24.3 Å².